The number of nitrogens with zero attached hydrogens (tertiary/aromatic N) is 1. The first kappa shape index (κ1) is 15.7. The second-order valence-corrected chi connectivity index (χ2v) is 4.11. The van der Waals surface area contributed by atoms with Crippen molar-refractivity contribution < 1.29 is 31.8 Å². The standard InChI is InChI=1S/C14H9F4NO3/c1-21-13(20)10-6-12(19-7-11(10)15)8-2-4-9(5-3-8)22-14(16,17)18/h2-7H,1H3. The summed E-state index contributed by atoms with van der Waals surface area (Å²) in [6, 6.07) is 5.95. The minimum atomic E-state index is -4.78. The van der Waals surface area contributed by atoms with Crippen molar-refractivity contribution in [2.24, 2.45) is 0 Å². The summed E-state index contributed by atoms with van der Waals surface area (Å²) in [7, 11) is 1.10. The highest BCUT2D eigenvalue weighted by Crippen LogP contribution is 2.26. The molecule has 2 rings (SSSR count). The molecule has 0 aliphatic carbocycles. The minimum absolute atomic E-state index is 0.209. The van der Waals surface area contributed by atoms with E-state index in [-0.39, 0.29) is 11.3 Å². The smallest absolute Gasteiger partial charge is 0.465 e. The predicted molar refractivity (Wildman–Crippen MR) is 67.7 cm³/mol. The van der Waals surface area contributed by atoms with E-state index in [1.54, 1.807) is 0 Å². The van der Waals surface area contributed by atoms with Crippen molar-refractivity contribution in [3.8, 4) is 17.0 Å². The van der Waals surface area contributed by atoms with E-state index in [1.165, 1.54) is 12.1 Å². The lowest BCUT2D eigenvalue weighted by Crippen LogP contribution is -2.16. The van der Waals surface area contributed by atoms with Gasteiger partial charge in [-0.2, -0.15) is 0 Å². The Balaban J connectivity index is 2.31. The summed E-state index contributed by atoms with van der Waals surface area (Å²) < 4.78 is 57.8. The molecule has 0 atom stereocenters. The van der Waals surface area contributed by atoms with Crippen LogP contribution >= 0.6 is 0 Å². The fourth-order valence-electron chi connectivity index (χ4n) is 1.69. The molecule has 0 radical (unpaired) electrons. The van der Waals surface area contributed by atoms with Gasteiger partial charge in [-0.25, -0.2) is 9.18 Å². The number of aromatic nitrogens is 1. The summed E-state index contributed by atoms with van der Waals surface area (Å²) in [4.78, 5) is 15.2. The van der Waals surface area contributed by atoms with Gasteiger partial charge in [-0.05, 0) is 30.3 Å². The Kier molecular flexibility index (Phi) is 4.30. The lowest BCUT2D eigenvalue weighted by Gasteiger charge is -2.09. The second kappa shape index (κ2) is 6.00. The number of esters is 1. The molecule has 1 heterocycles. The third kappa shape index (κ3) is 3.72. The average molecular weight is 315 g/mol. The van der Waals surface area contributed by atoms with Gasteiger partial charge in [0.25, 0.3) is 0 Å². The number of hydrogen-bond donors (Lipinski definition) is 0. The van der Waals surface area contributed by atoms with Gasteiger partial charge in [0.15, 0.2) is 5.82 Å². The highest BCUT2D eigenvalue weighted by molar-refractivity contribution is 5.90. The average Bonchev–Trinajstić information content (AvgIpc) is 2.46. The maximum Gasteiger partial charge on any atom is 0.573 e. The van der Waals surface area contributed by atoms with Crippen molar-refractivity contribution >= 4 is 5.97 Å². The molecule has 0 fully saturated rings. The van der Waals surface area contributed by atoms with E-state index in [0.29, 0.717) is 5.56 Å². The van der Waals surface area contributed by atoms with Crippen molar-refractivity contribution in [1.29, 1.82) is 0 Å². The number of hydrogen-bond acceptors (Lipinski definition) is 4. The number of rotatable bonds is 3. The summed E-state index contributed by atoms with van der Waals surface area (Å²) in [6.07, 6.45) is -3.95. The molecule has 116 valence electrons. The Morgan fingerprint density at radius 1 is 1.18 bits per heavy atom. The summed E-state index contributed by atoms with van der Waals surface area (Å²) in [5, 5.41) is 0. The Labute approximate surface area is 122 Å². The molecule has 8 heteroatoms. The summed E-state index contributed by atoms with van der Waals surface area (Å²) >= 11 is 0. The van der Waals surface area contributed by atoms with E-state index in [1.807, 2.05) is 0 Å². The molecular formula is C14H9F4NO3. The van der Waals surface area contributed by atoms with Crippen LogP contribution in [0.2, 0.25) is 0 Å². The van der Waals surface area contributed by atoms with Gasteiger partial charge in [-0.3, -0.25) is 4.98 Å². The highest BCUT2D eigenvalue weighted by atomic mass is 19.4. The second-order valence-electron chi connectivity index (χ2n) is 4.11. The van der Waals surface area contributed by atoms with E-state index in [2.05, 4.69) is 14.5 Å². The zero-order valence-electron chi connectivity index (χ0n) is 11.1. The van der Waals surface area contributed by atoms with Crippen molar-refractivity contribution in [3.63, 3.8) is 0 Å². The van der Waals surface area contributed by atoms with Crippen molar-refractivity contribution in [1.82, 2.24) is 4.98 Å². The van der Waals surface area contributed by atoms with Gasteiger partial charge in [0.05, 0.1) is 24.6 Å². The van der Waals surface area contributed by atoms with E-state index >= 15 is 0 Å². The molecule has 22 heavy (non-hydrogen) atoms. The number of benzene rings is 1. The van der Waals surface area contributed by atoms with E-state index in [9.17, 15) is 22.4 Å². The highest BCUT2D eigenvalue weighted by Gasteiger charge is 2.31. The fourth-order valence-corrected chi connectivity index (χ4v) is 1.69. The Morgan fingerprint density at radius 3 is 2.36 bits per heavy atom. The van der Waals surface area contributed by atoms with E-state index < -0.39 is 23.9 Å². The van der Waals surface area contributed by atoms with Crippen LogP contribution in [0.4, 0.5) is 17.6 Å². The van der Waals surface area contributed by atoms with Crippen LogP contribution in [-0.2, 0) is 4.74 Å². The van der Waals surface area contributed by atoms with Crippen molar-refractivity contribution in [2.45, 2.75) is 6.36 Å². The molecule has 0 aliphatic rings. The summed E-state index contributed by atoms with van der Waals surface area (Å²) in [5.41, 5.74) is 0.281. The molecule has 1 aromatic carbocycles. The van der Waals surface area contributed by atoms with E-state index in [0.717, 1.165) is 31.5 Å². The lowest BCUT2D eigenvalue weighted by atomic mass is 10.1. The van der Waals surface area contributed by atoms with Crippen LogP contribution in [0, 0.1) is 5.82 Å². The van der Waals surface area contributed by atoms with Gasteiger partial charge in [-0.15, -0.1) is 13.2 Å². The molecule has 0 N–H and O–H groups in total. The third-order valence-corrected chi connectivity index (χ3v) is 2.64. The Hall–Kier alpha value is -2.64. The number of ether oxygens (including phenoxy) is 2. The molecule has 0 unspecified atom stereocenters. The third-order valence-electron chi connectivity index (χ3n) is 2.64. The number of methoxy groups -OCH3 is 1. The quantitative estimate of drug-likeness (QED) is 0.642. The van der Waals surface area contributed by atoms with Gasteiger partial charge >= 0.3 is 12.3 Å². The Bertz CT molecular complexity index is 683. The molecule has 4 nitrogen and oxygen atoms in total. The molecule has 0 spiro atoms. The zero-order chi connectivity index (χ0) is 16.3. The monoisotopic (exact) mass is 315 g/mol. The molecule has 0 saturated carbocycles. The lowest BCUT2D eigenvalue weighted by molar-refractivity contribution is -0.274. The first-order valence-electron chi connectivity index (χ1n) is 5.90. The number of alkyl halides is 3. The number of halogens is 4. The predicted octanol–water partition coefficient (Wildman–Crippen LogP) is 3.57. The molecule has 0 bridgehead atoms. The minimum Gasteiger partial charge on any atom is -0.465 e. The van der Waals surface area contributed by atoms with Crippen molar-refractivity contribution in [3.05, 3.63) is 47.9 Å². The van der Waals surface area contributed by atoms with Crippen LogP contribution in [0.5, 0.6) is 5.75 Å². The molecule has 1 aromatic heterocycles. The number of carbonyl (C=O) groups is 1. The van der Waals surface area contributed by atoms with Crippen LogP contribution in [-0.4, -0.2) is 24.4 Å². The van der Waals surface area contributed by atoms with Crippen LogP contribution in [0.3, 0.4) is 0 Å². The molecular weight excluding hydrogens is 306 g/mol. The van der Waals surface area contributed by atoms with Gasteiger partial charge in [-0.1, -0.05) is 0 Å². The SMILES string of the molecule is COC(=O)c1cc(-c2ccc(OC(F)(F)F)cc2)ncc1F. The topological polar surface area (TPSA) is 48.4 Å². The maximum absolute atomic E-state index is 13.5. The van der Waals surface area contributed by atoms with Gasteiger partial charge in [0.2, 0.25) is 0 Å². The van der Waals surface area contributed by atoms with Crippen LogP contribution in [0.15, 0.2) is 36.5 Å². The maximum atomic E-state index is 13.5. The summed E-state index contributed by atoms with van der Waals surface area (Å²) in [6.45, 7) is 0. The first-order valence-corrected chi connectivity index (χ1v) is 5.90. The normalized spacial score (nSPS) is 11.1. The van der Waals surface area contributed by atoms with Gasteiger partial charge in [0.1, 0.15) is 5.75 Å². The van der Waals surface area contributed by atoms with Crippen LogP contribution < -0.4 is 4.74 Å². The van der Waals surface area contributed by atoms with E-state index in [4.69, 9.17) is 0 Å². The van der Waals surface area contributed by atoms with Crippen LogP contribution in [0.1, 0.15) is 10.4 Å². The summed E-state index contributed by atoms with van der Waals surface area (Å²) in [5.74, 6) is -2.13. The largest absolute Gasteiger partial charge is 0.573 e. The molecule has 0 saturated heterocycles. The first-order chi connectivity index (χ1) is 10.3. The number of carbonyl (C=O) groups excluding carboxylic acids is 1. The van der Waals surface area contributed by atoms with Gasteiger partial charge < -0.3 is 9.47 Å². The molecule has 2 aromatic rings. The van der Waals surface area contributed by atoms with Gasteiger partial charge in [0, 0.05) is 5.56 Å². The fraction of sp³-hybridized carbons (Fsp3) is 0.143. The van der Waals surface area contributed by atoms with Crippen LogP contribution in [0.25, 0.3) is 11.3 Å². The zero-order valence-corrected chi connectivity index (χ0v) is 11.1. The van der Waals surface area contributed by atoms with Crippen molar-refractivity contribution in [2.75, 3.05) is 7.11 Å². The Morgan fingerprint density at radius 2 is 1.82 bits per heavy atom. The molecule has 0 amide bonds. The number of pyridine rings is 1. The molecule has 0 aliphatic heterocycles.